The fourth-order valence-electron chi connectivity index (χ4n) is 1.09. The summed E-state index contributed by atoms with van der Waals surface area (Å²) in [5.74, 6) is 0. The van der Waals surface area contributed by atoms with Crippen LogP contribution in [0.2, 0.25) is 0 Å². The van der Waals surface area contributed by atoms with Crippen molar-refractivity contribution in [3.05, 3.63) is 23.8 Å². The molecule has 0 heterocycles. The molecule has 1 rings (SSSR count). The minimum atomic E-state index is 0.819. The number of benzene rings is 1. The Bertz CT molecular complexity index is 256. The van der Waals surface area contributed by atoms with Gasteiger partial charge < -0.3 is 11.1 Å². The van der Waals surface area contributed by atoms with Gasteiger partial charge in [-0.1, -0.05) is 13.0 Å². The highest BCUT2D eigenvalue weighted by Crippen LogP contribution is 2.17. The Morgan fingerprint density at radius 2 is 2.17 bits per heavy atom. The van der Waals surface area contributed by atoms with Gasteiger partial charge in [-0.05, 0) is 31.0 Å². The number of nitrogen functional groups attached to an aromatic ring is 1. The highest BCUT2D eigenvalue weighted by Gasteiger charge is 1.96. The van der Waals surface area contributed by atoms with Crippen molar-refractivity contribution in [1.29, 1.82) is 0 Å². The molecule has 0 aromatic heterocycles. The summed E-state index contributed by atoms with van der Waals surface area (Å²) in [6.45, 7) is 5.23. The number of nitrogens with two attached hydrogens (primary N) is 1. The lowest BCUT2D eigenvalue weighted by Gasteiger charge is -2.08. The van der Waals surface area contributed by atoms with Crippen molar-refractivity contribution in [2.45, 2.75) is 20.3 Å². The molecule has 0 fully saturated rings. The van der Waals surface area contributed by atoms with Crippen LogP contribution in [-0.2, 0) is 0 Å². The van der Waals surface area contributed by atoms with Crippen LogP contribution in [0.15, 0.2) is 18.2 Å². The second-order valence-corrected chi connectivity index (χ2v) is 3.00. The molecule has 0 atom stereocenters. The Balaban J connectivity index is 2.75. The van der Waals surface area contributed by atoms with Gasteiger partial charge in [0.05, 0.1) is 0 Å². The first-order valence-corrected chi connectivity index (χ1v) is 4.34. The molecule has 0 aliphatic rings. The van der Waals surface area contributed by atoms with E-state index < -0.39 is 0 Å². The third-order valence-corrected chi connectivity index (χ3v) is 1.83. The van der Waals surface area contributed by atoms with E-state index in [1.807, 2.05) is 18.2 Å². The molecule has 0 saturated carbocycles. The first-order chi connectivity index (χ1) is 5.74. The zero-order valence-electron chi connectivity index (χ0n) is 7.72. The van der Waals surface area contributed by atoms with Gasteiger partial charge >= 0.3 is 0 Å². The molecule has 0 aliphatic heterocycles. The standard InChI is InChI=1S/C10H16N2/c1-3-6-12-10-7-9(11)5-4-8(10)2/h4-5,7,12H,3,6,11H2,1-2H3. The van der Waals surface area contributed by atoms with E-state index in [-0.39, 0.29) is 0 Å². The Morgan fingerprint density at radius 3 is 2.83 bits per heavy atom. The summed E-state index contributed by atoms with van der Waals surface area (Å²) in [6, 6.07) is 5.94. The van der Waals surface area contributed by atoms with Crippen LogP contribution in [0.5, 0.6) is 0 Å². The number of anilines is 2. The largest absolute Gasteiger partial charge is 0.399 e. The quantitative estimate of drug-likeness (QED) is 0.673. The molecule has 0 amide bonds. The second kappa shape index (κ2) is 4.00. The lowest BCUT2D eigenvalue weighted by atomic mass is 10.2. The predicted octanol–water partition coefficient (Wildman–Crippen LogP) is 2.40. The van der Waals surface area contributed by atoms with E-state index in [0.29, 0.717) is 0 Å². The summed E-state index contributed by atoms with van der Waals surface area (Å²) in [5, 5.41) is 3.32. The maximum absolute atomic E-state index is 5.66. The Labute approximate surface area is 73.8 Å². The molecular weight excluding hydrogens is 148 g/mol. The lowest BCUT2D eigenvalue weighted by Crippen LogP contribution is -2.01. The van der Waals surface area contributed by atoms with Crippen molar-refractivity contribution in [2.24, 2.45) is 0 Å². The molecule has 2 heteroatoms. The van der Waals surface area contributed by atoms with Gasteiger partial charge in [0.25, 0.3) is 0 Å². The van der Waals surface area contributed by atoms with Crippen molar-refractivity contribution < 1.29 is 0 Å². The van der Waals surface area contributed by atoms with Crippen LogP contribution < -0.4 is 11.1 Å². The molecule has 0 aliphatic carbocycles. The molecule has 1 aromatic carbocycles. The van der Waals surface area contributed by atoms with Gasteiger partial charge in [-0.3, -0.25) is 0 Å². The molecule has 0 bridgehead atoms. The molecule has 3 N–H and O–H groups in total. The average molecular weight is 164 g/mol. The van der Waals surface area contributed by atoms with Crippen molar-refractivity contribution in [1.82, 2.24) is 0 Å². The molecule has 66 valence electrons. The Hall–Kier alpha value is -1.18. The number of hydrogen-bond acceptors (Lipinski definition) is 2. The summed E-state index contributed by atoms with van der Waals surface area (Å²) >= 11 is 0. The van der Waals surface area contributed by atoms with Crippen LogP contribution in [0.25, 0.3) is 0 Å². The summed E-state index contributed by atoms with van der Waals surface area (Å²) in [4.78, 5) is 0. The van der Waals surface area contributed by atoms with Gasteiger partial charge in [-0.2, -0.15) is 0 Å². The van der Waals surface area contributed by atoms with Gasteiger partial charge in [0, 0.05) is 17.9 Å². The molecule has 0 spiro atoms. The van der Waals surface area contributed by atoms with Crippen LogP contribution in [0.1, 0.15) is 18.9 Å². The number of rotatable bonds is 3. The van der Waals surface area contributed by atoms with E-state index >= 15 is 0 Å². The number of aryl methyl sites for hydroxylation is 1. The maximum Gasteiger partial charge on any atom is 0.0390 e. The minimum Gasteiger partial charge on any atom is -0.399 e. The highest BCUT2D eigenvalue weighted by molar-refractivity contribution is 5.59. The average Bonchev–Trinajstić information content (AvgIpc) is 2.07. The zero-order chi connectivity index (χ0) is 8.97. The van der Waals surface area contributed by atoms with Crippen molar-refractivity contribution >= 4 is 11.4 Å². The zero-order valence-corrected chi connectivity index (χ0v) is 7.72. The fraction of sp³-hybridized carbons (Fsp3) is 0.400. The normalized spacial score (nSPS) is 9.83. The van der Waals surface area contributed by atoms with Crippen molar-refractivity contribution in [3.63, 3.8) is 0 Å². The van der Waals surface area contributed by atoms with E-state index in [0.717, 1.165) is 24.3 Å². The smallest absolute Gasteiger partial charge is 0.0390 e. The monoisotopic (exact) mass is 164 g/mol. The van der Waals surface area contributed by atoms with E-state index in [1.165, 1.54) is 5.56 Å². The Kier molecular flexibility index (Phi) is 2.97. The van der Waals surface area contributed by atoms with Crippen LogP contribution in [0.4, 0.5) is 11.4 Å². The van der Waals surface area contributed by atoms with Crippen molar-refractivity contribution in [3.8, 4) is 0 Å². The molecule has 2 nitrogen and oxygen atoms in total. The second-order valence-electron chi connectivity index (χ2n) is 3.00. The number of nitrogens with one attached hydrogen (secondary N) is 1. The first-order valence-electron chi connectivity index (χ1n) is 4.34. The molecular formula is C10H16N2. The van der Waals surface area contributed by atoms with E-state index in [4.69, 9.17) is 5.73 Å². The third-order valence-electron chi connectivity index (χ3n) is 1.83. The fourth-order valence-corrected chi connectivity index (χ4v) is 1.09. The van der Waals surface area contributed by atoms with Crippen LogP contribution in [0.3, 0.4) is 0 Å². The molecule has 0 radical (unpaired) electrons. The SMILES string of the molecule is CCCNc1cc(N)ccc1C. The molecule has 0 saturated heterocycles. The third kappa shape index (κ3) is 2.16. The molecule has 1 aromatic rings. The van der Waals surface area contributed by atoms with Gasteiger partial charge in [0.15, 0.2) is 0 Å². The van der Waals surface area contributed by atoms with Crippen molar-refractivity contribution in [2.75, 3.05) is 17.6 Å². The highest BCUT2D eigenvalue weighted by atomic mass is 14.9. The topological polar surface area (TPSA) is 38.0 Å². The van der Waals surface area contributed by atoms with Crippen LogP contribution >= 0.6 is 0 Å². The van der Waals surface area contributed by atoms with Crippen LogP contribution in [-0.4, -0.2) is 6.54 Å². The van der Waals surface area contributed by atoms with Gasteiger partial charge in [-0.25, -0.2) is 0 Å². The lowest BCUT2D eigenvalue weighted by molar-refractivity contribution is 0.977. The summed E-state index contributed by atoms with van der Waals surface area (Å²) in [7, 11) is 0. The van der Waals surface area contributed by atoms with Crippen LogP contribution in [0, 0.1) is 6.92 Å². The summed E-state index contributed by atoms with van der Waals surface area (Å²) < 4.78 is 0. The summed E-state index contributed by atoms with van der Waals surface area (Å²) in [5.41, 5.74) is 8.88. The molecule has 0 unspecified atom stereocenters. The maximum atomic E-state index is 5.66. The molecule has 12 heavy (non-hydrogen) atoms. The Morgan fingerprint density at radius 1 is 1.42 bits per heavy atom. The van der Waals surface area contributed by atoms with Gasteiger partial charge in [0.1, 0.15) is 0 Å². The predicted molar refractivity (Wildman–Crippen MR) is 54.4 cm³/mol. The summed E-state index contributed by atoms with van der Waals surface area (Å²) in [6.07, 6.45) is 1.13. The first kappa shape index (κ1) is 8.91. The van der Waals surface area contributed by atoms with E-state index in [9.17, 15) is 0 Å². The van der Waals surface area contributed by atoms with E-state index in [1.54, 1.807) is 0 Å². The van der Waals surface area contributed by atoms with Gasteiger partial charge in [0.2, 0.25) is 0 Å². The minimum absolute atomic E-state index is 0.819. The van der Waals surface area contributed by atoms with E-state index in [2.05, 4.69) is 19.2 Å². The number of hydrogen-bond donors (Lipinski definition) is 2. The van der Waals surface area contributed by atoms with Gasteiger partial charge in [-0.15, -0.1) is 0 Å².